The highest BCUT2D eigenvalue weighted by Crippen LogP contribution is 2.39. The van der Waals surface area contributed by atoms with Crippen LogP contribution in [-0.4, -0.2) is 60.0 Å². The maximum absolute atomic E-state index is 12.8. The first-order valence-electron chi connectivity index (χ1n) is 11.0. The number of amides is 2. The molecular formula is C21H34N4O2. The van der Waals surface area contributed by atoms with Crippen molar-refractivity contribution < 1.29 is 9.59 Å². The molecular weight excluding hydrogens is 340 g/mol. The molecule has 0 aromatic rings. The van der Waals surface area contributed by atoms with Crippen LogP contribution in [-0.2, 0) is 9.59 Å². The Labute approximate surface area is 162 Å². The van der Waals surface area contributed by atoms with E-state index in [-0.39, 0.29) is 17.2 Å². The van der Waals surface area contributed by atoms with Crippen LogP contribution in [0.3, 0.4) is 0 Å². The zero-order valence-corrected chi connectivity index (χ0v) is 16.5. The molecule has 0 bridgehead atoms. The Hall–Kier alpha value is -1.43. The third-order valence-corrected chi connectivity index (χ3v) is 7.20. The lowest BCUT2D eigenvalue weighted by atomic mass is 9.79. The normalized spacial score (nSPS) is 30.4. The second-order valence-corrected chi connectivity index (χ2v) is 9.24. The van der Waals surface area contributed by atoms with Gasteiger partial charge in [-0.15, -0.1) is 0 Å². The number of hydrogen-bond acceptors (Lipinski definition) is 4. The second-order valence-electron chi connectivity index (χ2n) is 9.24. The van der Waals surface area contributed by atoms with E-state index in [4.69, 9.17) is 0 Å². The van der Waals surface area contributed by atoms with Crippen molar-refractivity contribution in [3.8, 4) is 0 Å². The summed E-state index contributed by atoms with van der Waals surface area (Å²) < 4.78 is 0. The summed E-state index contributed by atoms with van der Waals surface area (Å²) in [7, 11) is 0. The molecule has 6 nitrogen and oxygen atoms in total. The zero-order chi connectivity index (χ0) is 18.7. The van der Waals surface area contributed by atoms with Crippen molar-refractivity contribution in [2.24, 2.45) is 16.4 Å². The smallest absolute Gasteiger partial charge is 0.270 e. The fourth-order valence-corrected chi connectivity index (χ4v) is 5.59. The van der Waals surface area contributed by atoms with E-state index in [0.717, 1.165) is 32.0 Å². The molecule has 0 aromatic heterocycles. The summed E-state index contributed by atoms with van der Waals surface area (Å²) in [5.41, 5.74) is 3.26. The molecule has 1 atom stereocenters. The Morgan fingerprint density at radius 3 is 2.70 bits per heavy atom. The number of carbonyl (C=O) groups is 2. The van der Waals surface area contributed by atoms with Gasteiger partial charge in [0.1, 0.15) is 5.71 Å². The van der Waals surface area contributed by atoms with E-state index in [2.05, 4.69) is 15.4 Å². The minimum atomic E-state index is -0.0923. The summed E-state index contributed by atoms with van der Waals surface area (Å²) in [5.74, 6) is 0.884. The second kappa shape index (κ2) is 8.29. The zero-order valence-electron chi connectivity index (χ0n) is 16.5. The van der Waals surface area contributed by atoms with Gasteiger partial charge >= 0.3 is 0 Å². The summed E-state index contributed by atoms with van der Waals surface area (Å²) in [6.45, 7) is 5.30. The fourth-order valence-electron chi connectivity index (χ4n) is 5.59. The van der Waals surface area contributed by atoms with E-state index in [1.54, 1.807) is 0 Å². The summed E-state index contributed by atoms with van der Waals surface area (Å²) in [4.78, 5) is 28.7. The van der Waals surface area contributed by atoms with Crippen molar-refractivity contribution in [1.82, 2.24) is 15.2 Å². The molecule has 150 valence electrons. The minimum absolute atomic E-state index is 0.0335. The Balaban J connectivity index is 1.29. The lowest BCUT2D eigenvalue weighted by Crippen LogP contribution is -2.46. The number of likely N-dealkylation sites (tertiary alicyclic amines) is 2. The number of carbonyl (C=O) groups excluding carboxylic acids is 2. The average molecular weight is 375 g/mol. The van der Waals surface area contributed by atoms with Gasteiger partial charge in [0.2, 0.25) is 5.91 Å². The van der Waals surface area contributed by atoms with Crippen molar-refractivity contribution >= 4 is 17.5 Å². The van der Waals surface area contributed by atoms with Crippen molar-refractivity contribution in [3.63, 3.8) is 0 Å². The number of nitrogens with zero attached hydrogens (tertiary/aromatic N) is 3. The summed E-state index contributed by atoms with van der Waals surface area (Å²) in [5, 5.41) is 4.00. The number of hydrazone groups is 1. The van der Waals surface area contributed by atoms with Gasteiger partial charge in [0.05, 0.1) is 0 Å². The van der Waals surface area contributed by atoms with Gasteiger partial charge < -0.3 is 9.80 Å². The van der Waals surface area contributed by atoms with E-state index < -0.39 is 0 Å². The third-order valence-electron chi connectivity index (χ3n) is 7.20. The molecule has 2 saturated heterocycles. The number of piperidine rings is 1. The summed E-state index contributed by atoms with van der Waals surface area (Å²) >= 11 is 0. The van der Waals surface area contributed by atoms with Gasteiger partial charge in [-0.3, -0.25) is 9.59 Å². The van der Waals surface area contributed by atoms with E-state index in [0.29, 0.717) is 18.6 Å². The lowest BCUT2D eigenvalue weighted by molar-refractivity contribution is -0.124. The SMILES string of the molecule is O=C1CCC(C(=O)N2CCC3(CCCN(CCC4CCCCC4)C3)C2)=NN1. The highest BCUT2D eigenvalue weighted by Gasteiger charge is 2.43. The van der Waals surface area contributed by atoms with Crippen molar-refractivity contribution in [1.29, 1.82) is 0 Å². The molecule has 4 rings (SSSR count). The predicted octanol–water partition coefficient (Wildman–Crippen LogP) is 2.54. The van der Waals surface area contributed by atoms with Gasteiger partial charge in [-0.1, -0.05) is 32.1 Å². The molecule has 3 fully saturated rings. The highest BCUT2D eigenvalue weighted by atomic mass is 16.2. The van der Waals surface area contributed by atoms with Crippen molar-refractivity contribution in [2.75, 3.05) is 32.7 Å². The number of hydrogen-bond donors (Lipinski definition) is 1. The molecule has 0 aromatic carbocycles. The Kier molecular flexibility index (Phi) is 5.81. The quantitative estimate of drug-likeness (QED) is 0.822. The molecule has 2 amide bonds. The number of nitrogens with one attached hydrogen (secondary N) is 1. The Morgan fingerprint density at radius 2 is 1.93 bits per heavy atom. The Bertz CT molecular complexity index is 599. The highest BCUT2D eigenvalue weighted by molar-refractivity contribution is 6.39. The van der Waals surface area contributed by atoms with Gasteiger partial charge in [-0.2, -0.15) is 5.10 Å². The summed E-state index contributed by atoms with van der Waals surface area (Å²) in [6, 6.07) is 0. The van der Waals surface area contributed by atoms with Gasteiger partial charge in [-0.25, -0.2) is 5.43 Å². The molecule has 4 aliphatic rings. The molecule has 1 spiro atoms. The molecule has 1 N–H and O–H groups in total. The monoisotopic (exact) mass is 374 g/mol. The lowest BCUT2D eigenvalue weighted by Gasteiger charge is -2.41. The van der Waals surface area contributed by atoms with E-state index >= 15 is 0 Å². The van der Waals surface area contributed by atoms with Crippen LogP contribution in [0, 0.1) is 11.3 Å². The van der Waals surface area contributed by atoms with Crippen molar-refractivity contribution in [2.45, 2.75) is 70.6 Å². The van der Waals surface area contributed by atoms with E-state index in [1.165, 1.54) is 64.5 Å². The van der Waals surface area contributed by atoms with Crippen LogP contribution < -0.4 is 5.43 Å². The fraction of sp³-hybridized carbons (Fsp3) is 0.857. The Morgan fingerprint density at radius 1 is 1.07 bits per heavy atom. The van der Waals surface area contributed by atoms with Crippen LogP contribution >= 0.6 is 0 Å². The van der Waals surface area contributed by atoms with Crippen LogP contribution in [0.15, 0.2) is 5.10 Å². The molecule has 1 unspecified atom stereocenters. The predicted molar refractivity (Wildman–Crippen MR) is 105 cm³/mol. The summed E-state index contributed by atoms with van der Waals surface area (Å²) in [6.07, 6.45) is 12.9. The maximum Gasteiger partial charge on any atom is 0.270 e. The average Bonchev–Trinajstić information content (AvgIpc) is 3.10. The van der Waals surface area contributed by atoms with Gasteiger partial charge in [0.25, 0.3) is 5.91 Å². The van der Waals surface area contributed by atoms with E-state index in [9.17, 15) is 9.59 Å². The molecule has 1 aliphatic carbocycles. The first-order chi connectivity index (χ1) is 13.1. The van der Waals surface area contributed by atoms with Crippen LogP contribution in [0.2, 0.25) is 0 Å². The van der Waals surface area contributed by atoms with Crippen LogP contribution in [0.25, 0.3) is 0 Å². The van der Waals surface area contributed by atoms with Gasteiger partial charge in [0, 0.05) is 37.9 Å². The molecule has 1 saturated carbocycles. The minimum Gasteiger partial charge on any atom is -0.337 e. The standard InChI is InChI=1S/C21H34N4O2/c26-19-8-7-18(22-23-19)20(27)25-14-11-21(16-25)10-4-12-24(15-21)13-9-17-5-2-1-3-6-17/h17H,1-16H2,(H,23,26). The maximum atomic E-state index is 12.8. The van der Waals surface area contributed by atoms with E-state index in [1.807, 2.05) is 4.90 Å². The van der Waals surface area contributed by atoms with Crippen LogP contribution in [0.1, 0.15) is 70.6 Å². The topological polar surface area (TPSA) is 65.0 Å². The first-order valence-corrected chi connectivity index (χ1v) is 11.0. The molecule has 0 radical (unpaired) electrons. The van der Waals surface area contributed by atoms with Gasteiger partial charge in [0.15, 0.2) is 0 Å². The molecule has 3 heterocycles. The van der Waals surface area contributed by atoms with Crippen molar-refractivity contribution in [3.05, 3.63) is 0 Å². The van der Waals surface area contributed by atoms with Crippen LogP contribution in [0.4, 0.5) is 0 Å². The molecule has 6 heteroatoms. The number of rotatable bonds is 4. The molecule has 27 heavy (non-hydrogen) atoms. The largest absolute Gasteiger partial charge is 0.337 e. The molecule has 3 aliphatic heterocycles. The van der Waals surface area contributed by atoms with Gasteiger partial charge in [-0.05, 0) is 44.7 Å². The van der Waals surface area contributed by atoms with Crippen LogP contribution in [0.5, 0.6) is 0 Å². The first kappa shape index (κ1) is 18.9. The third kappa shape index (κ3) is 4.53.